The Bertz CT molecular complexity index is 616. The van der Waals surface area contributed by atoms with Gasteiger partial charge in [0, 0.05) is 5.54 Å². The van der Waals surface area contributed by atoms with Crippen molar-refractivity contribution in [1.82, 2.24) is 9.55 Å². The Balaban J connectivity index is 2.69. The molecule has 0 fully saturated rings. The highest BCUT2D eigenvalue weighted by molar-refractivity contribution is 5.80. The Morgan fingerprint density at radius 2 is 2.17 bits per heavy atom. The quantitative estimate of drug-likeness (QED) is 0.899. The van der Waals surface area contributed by atoms with Crippen LogP contribution in [0.15, 0.2) is 18.2 Å². The minimum Gasteiger partial charge on any atom is -0.369 e. The summed E-state index contributed by atoms with van der Waals surface area (Å²) in [7, 11) is 0. The number of nitrogen functional groups attached to an aromatic ring is 1. The van der Waals surface area contributed by atoms with E-state index in [1.165, 1.54) is 0 Å². The Kier molecular flexibility index (Phi) is 3.00. The Morgan fingerprint density at radius 3 is 2.78 bits per heavy atom. The van der Waals surface area contributed by atoms with E-state index in [0.717, 1.165) is 23.9 Å². The SMILES string of the molecule is CCCC(C)(C)n1c(N)nc2ccc(C#N)cc21. The fraction of sp³-hybridized carbons (Fsp3) is 0.429. The van der Waals surface area contributed by atoms with Crippen LogP contribution in [0.4, 0.5) is 5.95 Å². The van der Waals surface area contributed by atoms with Gasteiger partial charge in [0.15, 0.2) is 0 Å². The number of hydrogen-bond donors (Lipinski definition) is 1. The van der Waals surface area contributed by atoms with Crippen LogP contribution in [0, 0.1) is 11.3 Å². The summed E-state index contributed by atoms with van der Waals surface area (Å²) in [4.78, 5) is 4.37. The van der Waals surface area contributed by atoms with Crippen molar-refractivity contribution in [2.75, 3.05) is 5.73 Å². The minimum absolute atomic E-state index is 0.0956. The molecular weight excluding hydrogens is 224 g/mol. The molecule has 0 aliphatic carbocycles. The molecule has 2 aromatic rings. The third-order valence-electron chi connectivity index (χ3n) is 3.28. The average molecular weight is 242 g/mol. The lowest BCUT2D eigenvalue weighted by molar-refractivity contribution is 0.338. The number of imidazole rings is 1. The van der Waals surface area contributed by atoms with Gasteiger partial charge in [-0.2, -0.15) is 5.26 Å². The molecule has 2 N–H and O–H groups in total. The number of nitrogens with two attached hydrogens (primary N) is 1. The van der Waals surface area contributed by atoms with Gasteiger partial charge < -0.3 is 10.3 Å². The Labute approximate surface area is 107 Å². The van der Waals surface area contributed by atoms with Crippen LogP contribution in [0.25, 0.3) is 11.0 Å². The summed E-state index contributed by atoms with van der Waals surface area (Å²) in [6.45, 7) is 6.44. The van der Waals surface area contributed by atoms with Crippen molar-refractivity contribution in [1.29, 1.82) is 5.26 Å². The summed E-state index contributed by atoms with van der Waals surface area (Å²) in [5, 5.41) is 8.99. The first-order valence-corrected chi connectivity index (χ1v) is 6.18. The van der Waals surface area contributed by atoms with Crippen LogP contribution in [0.1, 0.15) is 39.2 Å². The summed E-state index contributed by atoms with van der Waals surface area (Å²) < 4.78 is 2.03. The van der Waals surface area contributed by atoms with E-state index in [-0.39, 0.29) is 5.54 Å². The normalized spacial score (nSPS) is 11.7. The number of rotatable bonds is 3. The molecule has 0 aliphatic rings. The lowest BCUT2D eigenvalue weighted by Gasteiger charge is -2.28. The number of fused-ring (bicyclic) bond motifs is 1. The number of hydrogen-bond acceptors (Lipinski definition) is 3. The van der Waals surface area contributed by atoms with Crippen molar-refractivity contribution in [2.45, 2.75) is 39.2 Å². The van der Waals surface area contributed by atoms with Crippen molar-refractivity contribution in [3.05, 3.63) is 23.8 Å². The van der Waals surface area contributed by atoms with Crippen molar-refractivity contribution < 1.29 is 0 Å². The van der Waals surface area contributed by atoms with Gasteiger partial charge >= 0.3 is 0 Å². The fourth-order valence-corrected chi connectivity index (χ4v) is 2.52. The molecule has 0 bridgehead atoms. The molecule has 0 amide bonds. The molecule has 0 unspecified atom stereocenters. The van der Waals surface area contributed by atoms with Gasteiger partial charge in [0.25, 0.3) is 0 Å². The highest BCUT2D eigenvalue weighted by Gasteiger charge is 2.24. The highest BCUT2D eigenvalue weighted by Crippen LogP contribution is 2.30. The fourth-order valence-electron chi connectivity index (χ4n) is 2.52. The third kappa shape index (κ3) is 1.92. The van der Waals surface area contributed by atoms with Crippen molar-refractivity contribution in [3.8, 4) is 6.07 Å². The zero-order chi connectivity index (χ0) is 13.3. The predicted octanol–water partition coefficient (Wildman–Crippen LogP) is 3.03. The number of nitrogens with zero attached hydrogens (tertiary/aromatic N) is 3. The summed E-state index contributed by atoms with van der Waals surface area (Å²) in [5.41, 5.74) is 8.35. The molecule has 4 heteroatoms. The molecule has 1 aromatic carbocycles. The lowest BCUT2D eigenvalue weighted by Crippen LogP contribution is -2.27. The molecule has 2 rings (SSSR count). The maximum Gasteiger partial charge on any atom is 0.201 e. The van der Waals surface area contributed by atoms with Gasteiger partial charge in [0.2, 0.25) is 5.95 Å². The zero-order valence-electron chi connectivity index (χ0n) is 11.1. The largest absolute Gasteiger partial charge is 0.369 e. The van der Waals surface area contributed by atoms with E-state index in [2.05, 4.69) is 31.8 Å². The zero-order valence-corrected chi connectivity index (χ0v) is 11.1. The van der Waals surface area contributed by atoms with E-state index < -0.39 is 0 Å². The molecule has 0 spiro atoms. The summed E-state index contributed by atoms with van der Waals surface area (Å²) in [6, 6.07) is 7.63. The molecule has 0 atom stereocenters. The van der Waals surface area contributed by atoms with Crippen LogP contribution in [-0.4, -0.2) is 9.55 Å². The van der Waals surface area contributed by atoms with E-state index in [1.54, 1.807) is 6.07 Å². The molecule has 1 aromatic heterocycles. The monoisotopic (exact) mass is 242 g/mol. The van der Waals surface area contributed by atoms with E-state index in [1.807, 2.05) is 16.7 Å². The molecule has 0 radical (unpaired) electrons. The molecule has 0 aliphatic heterocycles. The van der Waals surface area contributed by atoms with E-state index in [4.69, 9.17) is 11.0 Å². The van der Waals surface area contributed by atoms with Gasteiger partial charge in [-0.3, -0.25) is 0 Å². The van der Waals surface area contributed by atoms with Crippen molar-refractivity contribution in [3.63, 3.8) is 0 Å². The molecule has 1 heterocycles. The summed E-state index contributed by atoms with van der Waals surface area (Å²) in [6.07, 6.45) is 2.09. The third-order valence-corrected chi connectivity index (χ3v) is 3.28. The summed E-state index contributed by atoms with van der Waals surface area (Å²) in [5.74, 6) is 0.513. The number of anilines is 1. The van der Waals surface area contributed by atoms with E-state index in [9.17, 15) is 0 Å². The molecule has 18 heavy (non-hydrogen) atoms. The predicted molar refractivity (Wildman–Crippen MR) is 73.1 cm³/mol. The first kappa shape index (κ1) is 12.4. The van der Waals surface area contributed by atoms with Crippen LogP contribution >= 0.6 is 0 Å². The highest BCUT2D eigenvalue weighted by atomic mass is 15.2. The first-order valence-electron chi connectivity index (χ1n) is 6.18. The second kappa shape index (κ2) is 4.34. The van der Waals surface area contributed by atoms with E-state index in [0.29, 0.717) is 11.5 Å². The Hall–Kier alpha value is -2.02. The molecule has 0 saturated carbocycles. The van der Waals surface area contributed by atoms with Gasteiger partial charge in [-0.25, -0.2) is 4.98 Å². The molecule has 94 valence electrons. The van der Waals surface area contributed by atoms with Crippen LogP contribution in [0.5, 0.6) is 0 Å². The molecule has 4 nitrogen and oxygen atoms in total. The number of benzene rings is 1. The number of nitriles is 1. The Morgan fingerprint density at radius 1 is 1.44 bits per heavy atom. The van der Waals surface area contributed by atoms with Gasteiger partial charge in [0.1, 0.15) is 0 Å². The summed E-state index contributed by atoms with van der Waals surface area (Å²) >= 11 is 0. The molecule has 0 saturated heterocycles. The minimum atomic E-state index is -0.0956. The van der Waals surface area contributed by atoms with Gasteiger partial charge in [0.05, 0.1) is 22.7 Å². The number of aromatic nitrogens is 2. The van der Waals surface area contributed by atoms with Crippen molar-refractivity contribution in [2.24, 2.45) is 0 Å². The topological polar surface area (TPSA) is 67.6 Å². The second-order valence-corrected chi connectivity index (χ2v) is 5.18. The van der Waals surface area contributed by atoms with Crippen LogP contribution in [-0.2, 0) is 5.54 Å². The second-order valence-electron chi connectivity index (χ2n) is 5.18. The standard InChI is InChI=1S/C14H18N4/c1-4-7-14(2,3)18-12-8-10(9-15)5-6-11(12)17-13(18)16/h5-6,8H,4,7H2,1-3H3,(H2,16,17). The maximum absolute atomic E-state index is 8.99. The van der Waals surface area contributed by atoms with Crippen LogP contribution < -0.4 is 5.73 Å². The average Bonchev–Trinajstić information content (AvgIpc) is 2.64. The van der Waals surface area contributed by atoms with E-state index >= 15 is 0 Å². The van der Waals surface area contributed by atoms with Crippen LogP contribution in [0.2, 0.25) is 0 Å². The first-order chi connectivity index (χ1) is 8.49. The van der Waals surface area contributed by atoms with Gasteiger partial charge in [-0.15, -0.1) is 0 Å². The van der Waals surface area contributed by atoms with Gasteiger partial charge in [-0.1, -0.05) is 13.3 Å². The molecular formula is C14H18N4. The van der Waals surface area contributed by atoms with Gasteiger partial charge in [-0.05, 0) is 38.5 Å². The van der Waals surface area contributed by atoms with Crippen molar-refractivity contribution >= 4 is 17.0 Å². The van der Waals surface area contributed by atoms with Crippen LogP contribution in [0.3, 0.4) is 0 Å². The maximum atomic E-state index is 8.99. The smallest absolute Gasteiger partial charge is 0.201 e. The lowest BCUT2D eigenvalue weighted by atomic mass is 9.98.